The van der Waals surface area contributed by atoms with Crippen LogP contribution in [0.5, 0.6) is 0 Å². The molecule has 1 aromatic heterocycles. The van der Waals surface area contributed by atoms with Crippen molar-refractivity contribution in [3.05, 3.63) is 95.6 Å². The first kappa shape index (κ1) is 27.0. The Bertz CT molecular complexity index is 1460. The molecule has 0 saturated carbocycles. The van der Waals surface area contributed by atoms with E-state index >= 15 is 0 Å². The molecule has 1 aliphatic rings. The SMILES string of the molecule is COC(=O)c1ccc([C@H](C(=O)NC[C@@H]2CCCO2)N(Cc2ccccc2)C(=O)Cn2nnc3ccccc32)cc1. The Morgan fingerprint density at radius 3 is 2.52 bits per heavy atom. The molecule has 5 rings (SSSR count). The van der Waals surface area contributed by atoms with Crippen LogP contribution in [-0.2, 0) is 32.2 Å². The van der Waals surface area contributed by atoms with Crippen LogP contribution in [0.25, 0.3) is 11.0 Å². The second-order valence-electron chi connectivity index (χ2n) is 9.64. The number of ether oxygens (including phenoxy) is 2. The average molecular weight is 542 g/mol. The Morgan fingerprint density at radius 1 is 1.05 bits per heavy atom. The third-order valence-corrected chi connectivity index (χ3v) is 6.96. The van der Waals surface area contributed by atoms with Gasteiger partial charge in [0.25, 0.3) is 0 Å². The minimum Gasteiger partial charge on any atom is -0.465 e. The molecule has 0 spiro atoms. The predicted octanol–water partition coefficient (Wildman–Crippen LogP) is 3.28. The number of esters is 1. The van der Waals surface area contributed by atoms with Crippen LogP contribution in [0.1, 0.15) is 40.4 Å². The lowest BCUT2D eigenvalue weighted by Gasteiger charge is -2.32. The van der Waals surface area contributed by atoms with Gasteiger partial charge in [0.1, 0.15) is 18.1 Å². The van der Waals surface area contributed by atoms with E-state index in [0.29, 0.717) is 29.8 Å². The van der Waals surface area contributed by atoms with Crippen LogP contribution in [0.3, 0.4) is 0 Å². The average Bonchev–Trinajstić information content (AvgIpc) is 3.66. The van der Waals surface area contributed by atoms with Crippen molar-refractivity contribution in [3.8, 4) is 0 Å². The van der Waals surface area contributed by atoms with Crippen LogP contribution in [0.15, 0.2) is 78.9 Å². The second kappa shape index (κ2) is 12.5. The third-order valence-electron chi connectivity index (χ3n) is 6.96. The van der Waals surface area contributed by atoms with E-state index in [1.54, 1.807) is 29.2 Å². The van der Waals surface area contributed by atoms with E-state index in [9.17, 15) is 14.4 Å². The van der Waals surface area contributed by atoms with Crippen LogP contribution in [-0.4, -0.2) is 64.0 Å². The number of fused-ring (bicyclic) bond motifs is 1. The Hall–Kier alpha value is -4.57. The Labute approximate surface area is 231 Å². The maximum Gasteiger partial charge on any atom is 0.337 e. The van der Waals surface area contributed by atoms with Crippen molar-refractivity contribution in [2.45, 2.75) is 38.1 Å². The molecule has 2 amide bonds. The lowest BCUT2D eigenvalue weighted by atomic mass is 10.0. The lowest BCUT2D eigenvalue weighted by molar-refractivity contribution is -0.142. The van der Waals surface area contributed by atoms with Crippen LogP contribution in [0, 0.1) is 0 Å². The molecule has 4 aromatic rings. The fourth-order valence-corrected chi connectivity index (χ4v) is 4.87. The number of aromatic nitrogens is 3. The summed E-state index contributed by atoms with van der Waals surface area (Å²) in [5.74, 6) is -1.14. The first-order valence-corrected chi connectivity index (χ1v) is 13.2. The molecule has 0 aliphatic carbocycles. The first-order valence-electron chi connectivity index (χ1n) is 13.2. The molecule has 0 radical (unpaired) electrons. The van der Waals surface area contributed by atoms with Crippen molar-refractivity contribution in [2.75, 3.05) is 20.3 Å². The first-order chi connectivity index (χ1) is 19.5. The number of hydrogen-bond acceptors (Lipinski definition) is 7. The molecule has 0 unspecified atom stereocenters. The van der Waals surface area contributed by atoms with Gasteiger partial charge in [-0.15, -0.1) is 5.10 Å². The molecule has 1 aliphatic heterocycles. The monoisotopic (exact) mass is 541 g/mol. The van der Waals surface area contributed by atoms with E-state index in [2.05, 4.69) is 15.6 Å². The van der Waals surface area contributed by atoms with Crippen LogP contribution >= 0.6 is 0 Å². The minimum atomic E-state index is -0.976. The largest absolute Gasteiger partial charge is 0.465 e. The quantitative estimate of drug-likeness (QED) is 0.306. The fraction of sp³-hybridized carbons (Fsp3) is 0.300. The molecule has 0 bridgehead atoms. The summed E-state index contributed by atoms with van der Waals surface area (Å²) in [7, 11) is 1.31. The number of rotatable bonds is 10. The Kier molecular flexibility index (Phi) is 8.46. The summed E-state index contributed by atoms with van der Waals surface area (Å²) in [4.78, 5) is 41.5. The van der Waals surface area contributed by atoms with E-state index in [1.165, 1.54) is 11.8 Å². The normalized spacial score (nSPS) is 15.5. The molecule has 40 heavy (non-hydrogen) atoms. The Morgan fingerprint density at radius 2 is 1.80 bits per heavy atom. The standard InChI is InChI=1S/C30H31N5O5/c1-39-30(38)23-15-13-22(14-16-23)28(29(37)31-18-24-10-7-17-40-24)34(19-21-8-3-2-4-9-21)27(36)20-35-26-12-6-5-11-25(26)32-33-35/h2-6,8-9,11-16,24,28H,7,10,17-20H2,1H3,(H,31,37)/t24-,28+/m0/s1. The molecule has 1 saturated heterocycles. The number of amides is 2. The van der Waals surface area contributed by atoms with Gasteiger partial charge in [0.05, 0.1) is 24.3 Å². The highest BCUT2D eigenvalue weighted by atomic mass is 16.5. The van der Waals surface area contributed by atoms with E-state index in [4.69, 9.17) is 9.47 Å². The highest BCUT2D eigenvalue weighted by Crippen LogP contribution is 2.26. The molecule has 10 nitrogen and oxygen atoms in total. The van der Waals surface area contributed by atoms with Gasteiger partial charge in [0, 0.05) is 19.7 Å². The fourth-order valence-electron chi connectivity index (χ4n) is 4.87. The molecule has 2 atom stereocenters. The zero-order valence-electron chi connectivity index (χ0n) is 22.2. The number of methoxy groups -OCH3 is 1. The summed E-state index contributed by atoms with van der Waals surface area (Å²) in [6, 6.07) is 22.5. The van der Waals surface area contributed by atoms with Gasteiger partial charge in [-0.25, -0.2) is 9.48 Å². The maximum absolute atomic E-state index is 14.0. The number of nitrogens with zero attached hydrogens (tertiary/aromatic N) is 4. The lowest BCUT2D eigenvalue weighted by Crippen LogP contribution is -2.46. The van der Waals surface area contributed by atoms with Gasteiger partial charge in [0.2, 0.25) is 11.8 Å². The molecular weight excluding hydrogens is 510 g/mol. The zero-order valence-corrected chi connectivity index (χ0v) is 22.2. The van der Waals surface area contributed by atoms with Gasteiger partial charge >= 0.3 is 5.97 Å². The van der Waals surface area contributed by atoms with Gasteiger partial charge in [-0.05, 0) is 48.2 Å². The number of carbonyl (C=O) groups is 3. The van der Waals surface area contributed by atoms with E-state index < -0.39 is 12.0 Å². The van der Waals surface area contributed by atoms with E-state index in [1.807, 2.05) is 54.6 Å². The molecule has 3 aromatic carbocycles. The molecule has 1 fully saturated rings. The predicted molar refractivity (Wildman–Crippen MR) is 147 cm³/mol. The molecule has 1 N–H and O–H groups in total. The Balaban J connectivity index is 1.50. The highest BCUT2D eigenvalue weighted by Gasteiger charge is 2.33. The van der Waals surface area contributed by atoms with Crippen LogP contribution in [0.4, 0.5) is 0 Å². The summed E-state index contributed by atoms with van der Waals surface area (Å²) < 4.78 is 12.1. The highest BCUT2D eigenvalue weighted by molar-refractivity contribution is 5.91. The molecule has 206 valence electrons. The smallest absolute Gasteiger partial charge is 0.337 e. The number of para-hydroxylation sites is 1. The van der Waals surface area contributed by atoms with Crippen molar-refractivity contribution in [2.24, 2.45) is 0 Å². The van der Waals surface area contributed by atoms with E-state index in [0.717, 1.165) is 23.9 Å². The molecule has 2 heterocycles. The van der Waals surface area contributed by atoms with Crippen molar-refractivity contribution >= 4 is 28.8 Å². The topological polar surface area (TPSA) is 116 Å². The summed E-state index contributed by atoms with van der Waals surface area (Å²) in [5.41, 5.74) is 3.17. The van der Waals surface area contributed by atoms with Gasteiger partial charge < -0.3 is 19.7 Å². The molecular formula is C30H31N5O5. The molecule has 10 heteroatoms. The van der Waals surface area contributed by atoms with Crippen molar-refractivity contribution < 1.29 is 23.9 Å². The maximum atomic E-state index is 14.0. The minimum absolute atomic E-state index is 0.0638. The zero-order chi connectivity index (χ0) is 27.9. The van der Waals surface area contributed by atoms with Gasteiger partial charge in [-0.2, -0.15) is 0 Å². The summed E-state index contributed by atoms with van der Waals surface area (Å²) in [5, 5.41) is 11.3. The van der Waals surface area contributed by atoms with Gasteiger partial charge in [0.15, 0.2) is 0 Å². The third kappa shape index (κ3) is 6.18. The summed E-state index contributed by atoms with van der Waals surface area (Å²) >= 11 is 0. The number of carbonyl (C=O) groups excluding carboxylic acids is 3. The second-order valence-corrected chi connectivity index (χ2v) is 9.64. The number of hydrogen-bond donors (Lipinski definition) is 1. The van der Waals surface area contributed by atoms with Crippen LogP contribution < -0.4 is 5.32 Å². The van der Waals surface area contributed by atoms with Crippen molar-refractivity contribution in [3.63, 3.8) is 0 Å². The van der Waals surface area contributed by atoms with E-state index in [-0.39, 0.29) is 31.0 Å². The van der Waals surface area contributed by atoms with Crippen molar-refractivity contribution in [1.82, 2.24) is 25.2 Å². The number of nitrogens with one attached hydrogen (secondary N) is 1. The van der Waals surface area contributed by atoms with Crippen LogP contribution in [0.2, 0.25) is 0 Å². The summed E-state index contributed by atoms with van der Waals surface area (Å²) in [6.45, 7) is 1.09. The summed E-state index contributed by atoms with van der Waals surface area (Å²) in [6.07, 6.45) is 1.75. The van der Waals surface area contributed by atoms with Crippen molar-refractivity contribution in [1.29, 1.82) is 0 Å². The number of benzene rings is 3. The van der Waals surface area contributed by atoms with Gasteiger partial charge in [-0.1, -0.05) is 59.8 Å². The van der Waals surface area contributed by atoms with Gasteiger partial charge in [-0.3, -0.25) is 9.59 Å².